The molecule has 0 aromatic heterocycles. The molecule has 0 radical (unpaired) electrons. The van der Waals surface area contributed by atoms with Gasteiger partial charge in [-0.25, -0.2) is 9.79 Å². The molecule has 2 N–H and O–H groups in total. The molecule has 1 atom stereocenters. The summed E-state index contributed by atoms with van der Waals surface area (Å²) < 4.78 is 10.1. The van der Waals surface area contributed by atoms with Crippen LogP contribution in [0.2, 0.25) is 0 Å². The summed E-state index contributed by atoms with van der Waals surface area (Å²) in [5.41, 5.74) is 7.90. The Morgan fingerprint density at radius 2 is 2.04 bits per heavy atom. The van der Waals surface area contributed by atoms with Crippen LogP contribution in [0.3, 0.4) is 0 Å². The number of hydrogen-bond acceptors (Lipinski definition) is 8. The largest absolute Gasteiger partial charge is 0.497 e. The molecular formula is C17H16N4O3S. The number of allylic oxidation sites excluding steroid dienone is 2. The maximum absolute atomic E-state index is 12.4. The number of carbonyl (C=O) groups excluding carboxylic acids is 1. The summed E-state index contributed by atoms with van der Waals surface area (Å²) in [6.07, 6.45) is 0. The van der Waals surface area contributed by atoms with E-state index in [9.17, 15) is 10.1 Å². The molecule has 2 aliphatic heterocycles. The second-order valence-electron chi connectivity index (χ2n) is 5.36. The summed E-state index contributed by atoms with van der Waals surface area (Å²) in [5, 5.41) is 9.85. The van der Waals surface area contributed by atoms with Gasteiger partial charge in [-0.1, -0.05) is 12.1 Å². The first-order valence-corrected chi connectivity index (χ1v) is 8.22. The number of rotatable bonds is 3. The van der Waals surface area contributed by atoms with Gasteiger partial charge in [0.2, 0.25) is 0 Å². The van der Waals surface area contributed by atoms with E-state index in [0.29, 0.717) is 27.1 Å². The molecule has 25 heavy (non-hydrogen) atoms. The smallest absolute Gasteiger partial charge is 0.338 e. The number of hydrogen-bond donors (Lipinski definition) is 1. The molecule has 0 bridgehead atoms. The van der Waals surface area contributed by atoms with Crippen LogP contribution in [0.15, 0.2) is 51.3 Å². The summed E-state index contributed by atoms with van der Waals surface area (Å²) in [4.78, 5) is 18.9. The van der Waals surface area contributed by atoms with Gasteiger partial charge in [0.1, 0.15) is 22.5 Å². The maximum atomic E-state index is 12.4. The van der Waals surface area contributed by atoms with Crippen LogP contribution in [0.5, 0.6) is 5.75 Å². The minimum absolute atomic E-state index is 0.279. The van der Waals surface area contributed by atoms with E-state index < -0.39 is 12.0 Å². The second-order valence-corrected chi connectivity index (χ2v) is 6.34. The molecule has 0 amide bonds. The van der Waals surface area contributed by atoms with Crippen molar-refractivity contribution in [1.82, 2.24) is 4.90 Å². The highest BCUT2D eigenvalue weighted by Crippen LogP contribution is 2.45. The number of nitrogens with zero attached hydrogens (tertiary/aromatic N) is 3. The fourth-order valence-electron chi connectivity index (χ4n) is 2.81. The van der Waals surface area contributed by atoms with E-state index >= 15 is 0 Å². The Kier molecular flexibility index (Phi) is 4.42. The average molecular weight is 356 g/mol. The summed E-state index contributed by atoms with van der Waals surface area (Å²) >= 11 is 1.19. The summed E-state index contributed by atoms with van der Waals surface area (Å²) in [7, 11) is 2.91. The monoisotopic (exact) mass is 356 g/mol. The van der Waals surface area contributed by atoms with Crippen LogP contribution >= 0.6 is 11.8 Å². The molecule has 1 aromatic rings. The van der Waals surface area contributed by atoms with Crippen LogP contribution in [0.4, 0.5) is 0 Å². The lowest BCUT2D eigenvalue weighted by Crippen LogP contribution is -2.38. The molecule has 1 aromatic carbocycles. The number of thioether (sulfide) groups is 1. The molecular weight excluding hydrogens is 340 g/mol. The van der Waals surface area contributed by atoms with Gasteiger partial charge in [-0.3, -0.25) is 4.90 Å². The lowest BCUT2D eigenvalue weighted by atomic mass is 9.94. The van der Waals surface area contributed by atoms with Crippen molar-refractivity contribution in [3.05, 3.63) is 51.8 Å². The zero-order chi connectivity index (χ0) is 18.1. The third kappa shape index (κ3) is 2.72. The quantitative estimate of drug-likeness (QED) is 0.829. The predicted molar refractivity (Wildman–Crippen MR) is 94.1 cm³/mol. The van der Waals surface area contributed by atoms with E-state index in [1.165, 1.54) is 18.9 Å². The minimum Gasteiger partial charge on any atom is -0.497 e. The molecule has 0 spiro atoms. The van der Waals surface area contributed by atoms with Crippen molar-refractivity contribution >= 4 is 22.9 Å². The normalized spacial score (nSPS) is 19.4. The Bertz CT molecular complexity index is 865. The van der Waals surface area contributed by atoms with E-state index in [-0.39, 0.29) is 5.82 Å². The van der Waals surface area contributed by atoms with Gasteiger partial charge >= 0.3 is 5.97 Å². The molecule has 3 rings (SSSR count). The van der Waals surface area contributed by atoms with Gasteiger partial charge in [0, 0.05) is 0 Å². The van der Waals surface area contributed by atoms with E-state index in [4.69, 9.17) is 15.2 Å². The van der Waals surface area contributed by atoms with Crippen LogP contribution < -0.4 is 10.5 Å². The Morgan fingerprint density at radius 3 is 2.60 bits per heavy atom. The van der Waals surface area contributed by atoms with Crippen molar-refractivity contribution in [1.29, 1.82) is 5.26 Å². The van der Waals surface area contributed by atoms with Crippen molar-refractivity contribution < 1.29 is 14.3 Å². The standard InChI is InChI=1S/C17H16N4O3S/c1-9-13(16(22)24-3)14(10-4-6-11(23-2)7-5-10)21-15(19)12(8-18)25-17(21)20-9/h4-7,14H,19H2,1-3H3/t14-/m1/s1. The maximum Gasteiger partial charge on any atom is 0.338 e. The van der Waals surface area contributed by atoms with Crippen molar-refractivity contribution in [2.24, 2.45) is 10.7 Å². The van der Waals surface area contributed by atoms with Crippen LogP contribution in [-0.4, -0.2) is 30.3 Å². The van der Waals surface area contributed by atoms with E-state index in [2.05, 4.69) is 11.1 Å². The zero-order valence-corrected chi connectivity index (χ0v) is 14.8. The number of fused-ring (bicyclic) bond motifs is 1. The Morgan fingerprint density at radius 1 is 1.36 bits per heavy atom. The molecule has 128 valence electrons. The average Bonchev–Trinajstić information content (AvgIpc) is 2.95. The molecule has 2 heterocycles. The highest BCUT2D eigenvalue weighted by molar-refractivity contribution is 8.17. The first-order chi connectivity index (χ1) is 12.0. The van der Waals surface area contributed by atoms with E-state index in [0.717, 1.165) is 5.56 Å². The second kappa shape index (κ2) is 6.53. The minimum atomic E-state index is -0.524. The van der Waals surface area contributed by atoms with Crippen molar-refractivity contribution in [2.75, 3.05) is 14.2 Å². The Hall–Kier alpha value is -2.92. The summed E-state index contributed by atoms with van der Waals surface area (Å²) in [6, 6.07) is 8.86. The van der Waals surface area contributed by atoms with Gasteiger partial charge in [-0.05, 0) is 36.4 Å². The van der Waals surface area contributed by atoms with E-state index in [1.807, 2.05) is 12.1 Å². The fraction of sp³-hybridized carbons (Fsp3) is 0.235. The van der Waals surface area contributed by atoms with Crippen LogP contribution in [0.1, 0.15) is 18.5 Å². The van der Waals surface area contributed by atoms with Gasteiger partial charge in [0.05, 0.1) is 31.5 Å². The molecule has 0 unspecified atom stereocenters. The molecule has 7 nitrogen and oxygen atoms in total. The van der Waals surface area contributed by atoms with Crippen molar-refractivity contribution in [3.63, 3.8) is 0 Å². The Balaban J connectivity index is 2.17. The van der Waals surface area contributed by atoms with Crippen molar-refractivity contribution in [2.45, 2.75) is 13.0 Å². The topological polar surface area (TPSA) is 101 Å². The summed E-state index contributed by atoms with van der Waals surface area (Å²) in [6.45, 7) is 1.74. The fourth-order valence-corrected chi connectivity index (χ4v) is 3.73. The van der Waals surface area contributed by atoms with Gasteiger partial charge in [0.15, 0.2) is 5.17 Å². The van der Waals surface area contributed by atoms with Gasteiger partial charge in [-0.2, -0.15) is 5.26 Å². The number of amidine groups is 1. The van der Waals surface area contributed by atoms with Crippen LogP contribution in [0, 0.1) is 11.3 Å². The zero-order valence-electron chi connectivity index (χ0n) is 13.9. The third-order valence-corrected chi connectivity index (χ3v) is 4.99. The molecule has 0 fully saturated rings. The molecule has 0 saturated carbocycles. The molecule has 8 heteroatoms. The number of aliphatic imine (C=N–C) groups is 1. The number of nitrogens with two attached hydrogens (primary N) is 1. The van der Waals surface area contributed by atoms with Crippen molar-refractivity contribution in [3.8, 4) is 11.8 Å². The number of methoxy groups -OCH3 is 2. The number of carbonyl (C=O) groups is 1. The molecule has 0 saturated heterocycles. The van der Waals surface area contributed by atoms with E-state index in [1.54, 1.807) is 31.1 Å². The van der Waals surface area contributed by atoms with Gasteiger partial charge in [-0.15, -0.1) is 0 Å². The van der Waals surface area contributed by atoms with Gasteiger partial charge in [0.25, 0.3) is 0 Å². The number of ether oxygens (including phenoxy) is 2. The molecule has 0 aliphatic carbocycles. The predicted octanol–water partition coefficient (Wildman–Crippen LogP) is 2.25. The van der Waals surface area contributed by atoms with Crippen LogP contribution in [-0.2, 0) is 9.53 Å². The number of esters is 1. The first-order valence-electron chi connectivity index (χ1n) is 7.40. The molecule has 2 aliphatic rings. The van der Waals surface area contributed by atoms with Crippen LogP contribution in [0.25, 0.3) is 0 Å². The van der Waals surface area contributed by atoms with Gasteiger partial charge < -0.3 is 15.2 Å². The lowest BCUT2D eigenvalue weighted by molar-refractivity contribution is -0.136. The summed E-state index contributed by atoms with van der Waals surface area (Å²) in [5.74, 6) is 0.496. The number of benzene rings is 1. The Labute approximate surface area is 149 Å². The third-order valence-electron chi connectivity index (χ3n) is 4.01. The highest BCUT2D eigenvalue weighted by Gasteiger charge is 2.42. The first kappa shape index (κ1) is 16.9. The SMILES string of the molecule is COC(=O)C1=C(C)N=C2SC(C#N)=C(N)N2[C@@H]1c1ccc(OC)cc1. The number of nitriles is 1. The highest BCUT2D eigenvalue weighted by atomic mass is 32.2. The lowest BCUT2D eigenvalue weighted by Gasteiger charge is -2.34.